The molecule has 0 radical (unpaired) electrons. The number of pyridine rings is 1. The number of hydrogen-bond donors (Lipinski definition) is 1. The van der Waals surface area contributed by atoms with Crippen LogP contribution in [-0.4, -0.2) is 10.9 Å². The van der Waals surface area contributed by atoms with Crippen LogP contribution < -0.4 is 10.5 Å². The Labute approximate surface area is 120 Å². The van der Waals surface area contributed by atoms with Crippen LogP contribution in [0.4, 0.5) is 22.0 Å². The molecule has 2 rings (SSSR count). The lowest BCUT2D eigenvalue weighted by atomic mass is 10.1. The van der Waals surface area contributed by atoms with Gasteiger partial charge in [-0.3, -0.25) is 9.78 Å². The molecule has 1 aromatic heterocycles. The fourth-order valence-electron chi connectivity index (χ4n) is 1.63. The normalized spacial score (nSPS) is 10.6. The van der Waals surface area contributed by atoms with Crippen molar-refractivity contribution in [2.75, 3.05) is 0 Å². The van der Waals surface area contributed by atoms with Crippen molar-refractivity contribution in [1.29, 1.82) is 0 Å². The molecule has 4 nitrogen and oxygen atoms in total. The van der Waals surface area contributed by atoms with E-state index in [0.717, 1.165) is 6.20 Å². The van der Waals surface area contributed by atoms with Gasteiger partial charge >= 0.3 is 0 Å². The third-order valence-electron chi connectivity index (χ3n) is 2.72. The van der Waals surface area contributed by atoms with E-state index in [1.807, 2.05) is 0 Å². The van der Waals surface area contributed by atoms with Crippen molar-refractivity contribution in [2.45, 2.75) is 6.61 Å². The van der Waals surface area contributed by atoms with Gasteiger partial charge in [-0.25, -0.2) is 22.0 Å². The van der Waals surface area contributed by atoms with Crippen LogP contribution in [-0.2, 0) is 6.61 Å². The summed E-state index contributed by atoms with van der Waals surface area (Å²) in [5, 5.41) is 0. The zero-order chi connectivity index (χ0) is 16.4. The van der Waals surface area contributed by atoms with Crippen molar-refractivity contribution in [2.24, 2.45) is 5.73 Å². The number of rotatable bonds is 4. The van der Waals surface area contributed by atoms with E-state index in [4.69, 9.17) is 10.5 Å². The van der Waals surface area contributed by atoms with Crippen LogP contribution in [0.15, 0.2) is 18.5 Å². The summed E-state index contributed by atoms with van der Waals surface area (Å²) in [4.78, 5) is 14.7. The van der Waals surface area contributed by atoms with Crippen LogP contribution in [0.3, 0.4) is 0 Å². The second-order valence-electron chi connectivity index (χ2n) is 4.07. The van der Waals surface area contributed by atoms with Gasteiger partial charge in [-0.2, -0.15) is 0 Å². The molecular formula is C13H7F5N2O2. The zero-order valence-corrected chi connectivity index (χ0v) is 10.7. The average Bonchev–Trinajstić information content (AvgIpc) is 2.51. The van der Waals surface area contributed by atoms with Crippen LogP contribution in [0.2, 0.25) is 0 Å². The molecule has 22 heavy (non-hydrogen) atoms. The average molecular weight is 318 g/mol. The smallest absolute Gasteiger partial charge is 0.252 e. The molecule has 0 saturated carbocycles. The largest absolute Gasteiger partial charge is 0.486 e. The lowest BCUT2D eigenvalue weighted by molar-refractivity contribution is 0.0995. The van der Waals surface area contributed by atoms with Crippen LogP contribution in [0.5, 0.6) is 5.75 Å². The van der Waals surface area contributed by atoms with E-state index in [1.54, 1.807) is 0 Å². The second kappa shape index (κ2) is 5.96. The van der Waals surface area contributed by atoms with Gasteiger partial charge in [0.15, 0.2) is 29.0 Å². The van der Waals surface area contributed by atoms with Crippen molar-refractivity contribution < 1.29 is 31.5 Å². The van der Waals surface area contributed by atoms with E-state index in [0.29, 0.717) is 0 Å². The molecule has 0 aliphatic rings. The Hall–Kier alpha value is -2.71. The minimum atomic E-state index is -2.27. The molecule has 0 aliphatic carbocycles. The van der Waals surface area contributed by atoms with Crippen LogP contribution in [0, 0.1) is 29.1 Å². The Morgan fingerprint density at radius 3 is 2.14 bits per heavy atom. The molecule has 116 valence electrons. The van der Waals surface area contributed by atoms with Crippen molar-refractivity contribution in [3.05, 3.63) is 58.7 Å². The quantitative estimate of drug-likeness (QED) is 0.535. The van der Waals surface area contributed by atoms with Crippen LogP contribution in [0.25, 0.3) is 0 Å². The summed E-state index contributed by atoms with van der Waals surface area (Å²) in [6.45, 7) is -1.00. The molecule has 0 aliphatic heterocycles. The molecule has 1 amide bonds. The highest BCUT2D eigenvalue weighted by Crippen LogP contribution is 2.25. The molecule has 0 saturated heterocycles. The summed E-state index contributed by atoms with van der Waals surface area (Å²) in [6, 6.07) is 1.18. The fraction of sp³-hybridized carbons (Fsp3) is 0.0769. The summed E-state index contributed by atoms with van der Waals surface area (Å²) >= 11 is 0. The molecule has 0 unspecified atom stereocenters. The number of nitrogens with zero attached hydrogens (tertiary/aromatic N) is 1. The van der Waals surface area contributed by atoms with E-state index < -0.39 is 47.2 Å². The maximum Gasteiger partial charge on any atom is 0.252 e. The first-order valence-electron chi connectivity index (χ1n) is 5.71. The first-order valence-corrected chi connectivity index (χ1v) is 5.71. The number of benzene rings is 1. The molecule has 9 heteroatoms. The molecule has 0 spiro atoms. The summed E-state index contributed by atoms with van der Waals surface area (Å²) in [5.41, 5.74) is 3.72. The summed E-state index contributed by atoms with van der Waals surface area (Å²) in [5.74, 6) is -11.6. The van der Waals surface area contributed by atoms with E-state index in [9.17, 15) is 26.7 Å². The monoisotopic (exact) mass is 318 g/mol. The Kier molecular flexibility index (Phi) is 4.25. The number of ether oxygens (including phenoxy) is 1. The summed E-state index contributed by atoms with van der Waals surface area (Å²) in [7, 11) is 0. The number of hydrogen-bond acceptors (Lipinski definition) is 3. The van der Waals surface area contributed by atoms with Crippen LogP contribution >= 0.6 is 0 Å². The molecule has 0 fully saturated rings. The lowest BCUT2D eigenvalue weighted by Crippen LogP contribution is -2.14. The third kappa shape index (κ3) is 2.69. The Morgan fingerprint density at radius 1 is 1.05 bits per heavy atom. The Morgan fingerprint density at radius 2 is 1.59 bits per heavy atom. The number of carbonyl (C=O) groups is 1. The SMILES string of the molecule is NC(=O)c1ccncc1OCc1c(F)c(F)c(F)c(F)c1F. The highest BCUT2D eigenvalue weighted by atomic mass is 19.2. The van der Waals surface area contributed by atoms with Crippen molar-refractivity contribution in [3.8, 4) is 5.75 Å². The number of aromatic nitrogens is 1. The van der Waals surface area contributed by atoms with Gasteiger partial charge < -0.3 is 10.5 Å². The van der Waals surface area contributed by atoms with Gasteiger partial charge in [0.1, 0.15) is 6.61 Å². The van der Waals surface area contributed by atoms with Gasteiger partial charge in [0, 0.05) is 6.20 Å². The molecule has 2 aromatic rings. The number of carbonyl (C=O) groups excluding carboxylic acids is 1. The van der Waals surface area contributed by atoms with Gasteiger partial charge in [0.05, 0.1) is 17.3 Å². The topological polar surface area (TPSA) is 65.2 Å². The molecule has 2 N–H and O–H groups in total. The standard InChI is InChI=1S/C13H7F5N2O2/c14-8-6(9(15)11(17)12(18)10(8)16)4-22-7-3-20-2-1-5(7)13(19)21/h1-3H,4H2,(H2,19,21). The highest BCUT2D eigenvalue weighted by Gasteiger charge is 2.26. The van der Waals surface area contributed by atoms with Crippen molar-refractivity contribution in [3.63, 3.8) is 0 Å². The van der Waals surface area contributed by atoms with Crippen LogP contribution in [0.1, 0.15) is 15.9 Å². The maximum absolute atomic E-state index is 13.5. The number of primary amides is 1. The lowest BCUT2D eigenvalue weighted by Gasteiger charge is -2.11. The molecule has 0 bridgehead atoms. The Bertz CT molecular complexity index is 722. The van der Waals surface area contributed by atoms with E-state index in [1.165, 1.54) is 12.3 Å². The highest BCUT2D eigenvalue weighted by molar-refractivity contribution is 5.95. The fourth-order valence-corrected chi connectivity index (χ4v) is 1.63. The predicted octanol–water partition coefficient (Wildman–Crippen LogP) is 2.46. The van der Waals surface area contributed by atoms with E-state index >= 15 is 0 Å². The zero-order valence-electron chi connectivity index (χ0n) is 10.7. The predicted molar refractivity (Wildman–Crippen MR) is 63.3 cm³/mol. The molecule has 0 atom stereocenters. The molecular weight excluding hydrogens is 311 g/mol. The van der Waals surface area contributed by atoms with Crippen molar-refractivity contribution >= 4 is 5.91 Å². The summed E-state index contributed by atoms with van der Waals surface area (Å²) in [6.07, 6.45) is 2.23. The van der Waals surface area contributed by atoms with E-state index in [2.05, 4.69) is 4.98 Å². The van der Waals surface area contributed by atoms with Gasteiger partial charge in [-0.05, 0) is 6.07 Å². The van der Waals surface area contributed by atoms with E-state index in [-0.39, 0.29) is 11.3 Å². The first-order chi connectivity index (χ1) is 10.3. The maximum atomic E-state index is 13.5. The Balaban J connectivity index is 2.36. The van der Waals surface area contributed by atoms with Crippen molar-refractivity contribution in [1.82, 2.24) is 4.98 Å². The molecule has 1 aromatic carbocycles. The minimum Gasteiger partial charge on any atom is -0.486 e. The second-order valence-corrected chi connectivity index (χ2v) is 4.07. The van der Waals surface area contributed by atoms with Gasteiger partial charge in [0.25, 0.3) is 5.91 Å². The molecule has 1 heterocycles. The number of nitrogens with two attached hydrogens (primary N) is 1. The minimum absolute atomic E-state index is 0.154. The van der Waals surface area contributed by atoms with Gasteiger partial charge in [0.2, 0.25) is 5.82 Å². The number of amides is 1. The third-order valence-corrected chi connectivity index (χ3v) is 2.72. The van der Waals surface area contributed by atoms with Gasteiger partial charge in [-0.15, -0.1) is 0 Å². The first kappa shape index (κ1) is 15.7. The van der Waals surface area contributed by atoms with Gasteiger partial charge in [-0.1, -0.05) is 0 Å². The summed E-state index contributed by atoms with van der Waals surface area (Å²) < 4.78 is 70.8. The number of halogens is 5.